The van der Waals surface area contributed by atoms with E-state index in [4.69, 9.17) is 14.2 Å². The molecule has 300 valence electrons. The highest BCUT2D eigenvalue weighted by Crippen LogP contribution is 2.30. The minimum Gasteiger partial charge on any atom is -0.467 e. The van der Waals surface area contributed by atoms with Gasteiger partial charge in [-0.05, 0) is 43.2 Å². The summed E-state index contributed by atoms with van der Waals surface area (Å²) in [4.78, 5) is 71.2. The standard InChI is InChI=1S/C40H67N5O8/c1-13-26(6)35(44(9)39(49)34(25(4)5)43-38(48)33(41-8)24(2)3)31(51-10)23-32(46)45-21-17-20-30(45)36(52-11)27(7)37(47)42-29(40(50)53-12)22-28-18-15-14-16-19-28/h14-16,18-19,24-27,29-31,33-36,41H,13,17,20-23H2,1-12H3,(H,42,47)(H,43,48)/t26-,27?,29-,30?,31?,33?,34-,35?,36?/m0/s1. The Balaban J connectivity index is 2.27. The molecule has 0 aromatic heterocycles. The molecular formula is C40H67N5O8. The predicted molar refractivity (Wildman–Crippen MR) is 205 cm³/mol. The van der Waals surface area contributed by atoms with Crippen LogP contribution in [0.15, 0.2) is 30.3 Å². The lowest BCUT2D eigenvalue weighted by atomic mass is 9.89. The maximum atomic E-state index is 14.2. The van der Waals surface area contributed by atoms with Crippen molar-refractivity contribution in [3.63, 3.8) is 0 Å². The van der Waals surface area contributed by atoms with E-state index in [0.29, 0.717) is 13.0 Å². The van der Waals surface area contributed by atoms with Crippen molar-refractivity contribution in [2.75, 3.05) is 42.0 Å². The second-order valence-corrected chi connectivity index (χ2v) is 15.1. The monoisotopic (exact) mass is 745 g/mol. The normalized spacial score (nSPS) is 19.1. The number of carbonyl (C=O) groups excluding carboxylic acids is 5. The lowest BCUT2D eigenvalue weighted by Crippen LogP contribution is -2.59. The van der Waals surface area contributed by atoms with Gasteiger partial charge >= 0.3 is 5.97 Å². The number of hydrogen-bond donors (Lipinski definition) is 3. The summed E-state index contributed by atoms with van der Waals surface area (Å²) in [5.41, 5.74) is 0.875. The molecule has 13 heteroatoms. The van der Waals surface area contributed by atoms with Crippen LogP contribution in [0.25, 0.3) is 0 Å². The first-order valence-electron chi connectivity index (χ1n) is 19.1. The number of likely N-dealkylation sites (tertiary alicyclic amines) is 1. The molecule has 1 aliphatic rings. The van der Waals surface area contributed by atoms with E-state index in [9.17, 15) is 24.0 Å². The number of carbonyl (C=O) groups is 5. The largest absolute Gasteiger partial charge is 0.467 e. The van der Waals surface area contributed by atoms with Crippen molar-refractivity contribution in [3.05, 3.63) is 35.9 Å². The minimum atomic E-state index is -0.889. The van der Waals surface area contributed by atoms with Gasteiger partial charge in [-0.1, -0.05) is 85.2 Å². The van der Waals surface area contributed by atoms with E-state index < -0.39 is 48.3 Å². The molecular weight excluding hydrogens is 678 g/mol. The highest BCUT2D eigenvalue weighted by atomic mass is 16.5. The highest BCUT2D eigenvalue weighted by Gasteiger charge is 2.43. The second-order valence-electron chi connectivity index (χ2n) is 15.1. The Morgan fingerprint density at radius 2 is 1.51 bits per heavy atom. The van der Waals surface area contributed by atoms with Crippen molar-refractivity contribution in [1.82, 2.24) is 25.8 Å². The molecule has 0 bridgehead atoms. The molecule has 0 spiro atoms. The fraction of sp³-hybridized carbons (Fsp3) is 0.725. The van der Waals surface area contributed by atoms with Gasteiger partial charge in [-0.15, -0.1) is 0 Å². The summed E-state index contributed by atoms with van der Waals surface area (Å²) < 4.78 is 16.9. The molecule has 53 heavy (non-hydrogen) atoms. The Kier molecular flexibility index (Phi) is 18.9. The Bertz CT molecular complexity index is 1330. The van der Waals surface area contributed by atoms with Crippen LogP contribution in [0.4, 0.5) is 0 Å². The van der Waals surface area contributed by atoms with E-state index in [1.807, 2.05) is 71.9 Å². The molecule has 1 aromatic carbocycles. The Hall–Kier alpha value is -3.55. The molecule has 1 aliphatic heterocycles. The van der Waals surface area contributed by atoms with E-state index in [2.05, 4.69) is 16.0 Å². The van der Waals surface area contributed by atoms with Crippen molar-refractivity contribution in [1.29, 1.82) is 0 Å². The fourth-order valence-electron chi connectivity index (χ4n) is 7.54. The molecule has 1 fully saturated rings. The van der Waals surface area contributed by atoms with Crippen molar-refractivity contribution < 1.29 is 38.2 Å². The van der Waals surface area contributed by atoms with Crippen LogP contribution in [0.2, 0.25) is 0 Å². The number of esters is 1. The lowest BCUT2D eigenvalue weighted by Gasteiger charge is -2.41. The van der Waals surface area contributed by atoms with Crippen molar-refractivity contribution >= 4 is 29.6 Å². The summed E-state index contributed by atoms with van der Waals surface area (Å²) in [6.07, 6.45) is 1.08. The van der Waals surface area contributed by atoms with Crippen molar-refractivity contribution in [2.24, 2.45) is 23.7 Å². The third-order valence-corrected chi connectivity index (χ3v) is 10.8. The molecule has 4 amide bonds. The van der Waals surface area contributed by atoms with Gasteiger partial charge in [0.25, 0.3) is 0 Å². The van der Waals surface area contributed by atoms with Gasteiger partial charge in [0.2, 0.25) is 23.6 Å². The number of ether oxygens (including phenoxy) is 3. The van der Waals surface area contributed by atoms with Crippen LogP contribution in [-0.4, -0.2) is 124 Å². The number of amides is 4. The third kappa shape index (κ3) is 12.2. The summed E-state index contributed by atoms with van der Waals surface area (Å²) in [6.45, 7) is 14.0. The van der Waals surface area contributed by atoms with E-state index in [1.165, 1.54) is 14.2 Å². The lowest BCUT2D eigenvalue weighted by molar-refractivity contribution is -0.148. The smallest absolute Gasteiger partial charge is 0.328 e. The van der Waals surface area contributed by atoms with Crippen LogP contribution >= 0.6 is 0 Å². The topological polar surface area (TPSA) is 156 Å². The zero-order valence-corrected chi connectivity index (χ0v) is 34.1. The number of nitrogens with zero attached hydrogens (tertiary/aromatic N) is 2. The van der Waals surface area contributed by atoms with Gasteiger partial charge in [0.15, 0.2) is 0 Å². The number of likely N-dealkylation sites (N-methyl/N-ethyl adjacent to an activating group) is 2. The first-order chi connectivity index (χ1) is 25.1. The van der Waals surface area contributed by atoms with Crippen LogP contribution in [0.3, 0.4) is 0 Å². The SMILES string of the molecule is CC[C@H](C)C(C(CC(=O)N1CCCC1C(OC)C(C)C(=O)N[C@@H](Cc1ccccc1)C(=O)OC)OC)N(C)C(=O)[C@@H](NC(=O)C(NC)C(C)C)C(C)C. The summed E-state index contributed by atoms with van der Waals surface area (Å²) in [6, 6.07) is 6.41. The fourth-order valence-corrected chi connectivity index (χ4v) is 7.54. The van der Waals surface area contributed by atoms with E-state index in [-0.39, 0.29) is 60.3 Å². The average Bonchev–Trinajstić information content (AvgIpc) is 3.62. The quantitative estimate of drug-likeness (QED) is 0.161. The number of rotatable bonds is 21. The number of benzene rings is 1. The Labute approximate surface area is 317 Å². The highest BCUT2D eigenvalue weighted by molar-refractivity contribution is 5.90. The summed E-state index contributed by atoms with van der Waals surface area (Å²) in [7, 11) is 7.81. The molecule has 0 saturated carbocycles. The maximum absolute atomic E-state index is 14.2. The summed E-state index contributed by atoms with van der Waals surface area (Å²) in [5, 5.41) is 8.88. The zero-order chi connectivity index (χ0) is 40.0. The van der Waals surface area contributed by atoms with E-state index in [0.717, 1.165) is 18.4 Å². The molecule has 1 aromatic rings. The van der Waals surface area contributed by atoms with Crippen molar-refractivity contribution in [3.8, 4) is 0 Å². The van der Waals surface area contributed by atoms with Crippen LogP contribution in [-0.2, 0) is 44.6 Å². The maximum Gasteiger partial charge on any atom is 0.328 e. The molecule has 3 N–H and O–H groups in total. The Morgan fingerprint density at radius 3 is 2.02 bits per heavy atom. The molecule has 2 rings (SSSR count). The number of nitrogens with one attached hydrogen (secondary N) is 3. The van der Waals surface area contributed by atoms with Gasteiger partial charge in [-0.25, -0.2) is 4.79 Å². The average molecular weight is 746 g/mol. The molecule has 6 unspecified atom stereocenters. The van der Waals surface area contributed by atoms with E-state index in [1.54, 1.807) is 37.9 Å². The molecule has 13 nitrogen and oxygen atoms in total. The van der Waals surface area contributed by atoms with Crippen LogP contribution in [0.1, 0.15) is 79.7 Å². The zero-order valence-electron chi connectivity index (χ0n) is 34.1. The predicted octanol–water partition coefficient (Wildman–Crippen LogP) is 3.19. The molecule has 1 heterocycles. The third-order valence-electron chi connectivity index (χ3n) is 10.8. The summed E-state index contributed by atoms with van der Waals surface area (Å²) in [5.74, 6) is -2.47. The van der Waals surface area contributed by atoms with Gasteiger partial charge in [0, 0.05) is 34.2 Å². The van der Waals surface area contributed by atoms with Gasteiger partial charge in [0.05, 0.1) is 49.8 Å². The van der Waals surface area contributed by atoms with Gasteiger partial charge < -0.3 is 40.0 Å². The molecule has 0 radical (unpaired) electrons. The van der Waals surface area contributed by atoms with E-state index >= 15 is 0 Å². The van der Waals surface area contributed by atoms with Gasteiger partial charge in [-0.3, -0.25) is 19.2 Å². The Morgan fingerprint density at radius 1 is 0.887 bits per heavy atom. The van der Waals surface area contributed by atoms with Gasteiger partial charge in [0.1, 0.15) is 12.1 Å². The van der Waals surface area contributed by atoms with Crippen LogP contribution in [0, 0.1) is 23.7 Å². The van der Waals surface area contributed by atoms with Crippen LogP contribution in [0.5, 0.6) is 0 Å². The van der Waals surface area contributed by atoms with Crippen molar-refractivity contribution in [2.45, 2.75) is 123 Å². The van der Waals surface area contributed by atoms with Gasteiger partial charge in [-0.2, -0.15) is 0 Å². The first-order valence-corrected chi connectivity index (χ1v) is 19.1. The minimum absolute atomic E-state index is 0.00596. The van der Waals surface area contributed by atoms with Crippen LogP contribution < -0.4 is 16.0 Å². The first kappa shape index (κ1) is 45.6. The number of hydrogen-bond acceptors (Lipinski definition) is 9. The molecule has 9 atom stereocenters. The molecule has 1 saturated heterocycles. The summed E-state index contributed by atoms with van der Waals surface area (Å²) >= 11 is 0. The second kappa shape index (κ2) is 22.0. The number of methoxy groups -OCH3 is 3. The molecule has 0 aliphatic carbocycles.